The van der Waals surface area contributed by atoms with Gasteiger partial charge in [-0.1, -0.05) is 78.5 Å². The third kappa shape index (κ3) is 4.66. The topological polar surface area (TPSA) is 34.1 Å². The van der Waals surface area contributed by atoms with E-state index in [9.17, 15) is 9.59 Å². The molecular weight excluding hydrogens is 272 g/mol. The molecule has 120 valence electrons. The molecule has 0 saturated heterocycles. The molecule has 0 aromatic heterocycles. The second-order valence-corrected chi connectivity index (χ2v) is 7.93. The first-order valence-corrected chi connectivity index (χ1v) is 7.77. The van der Waals surface area contributed by atoms with Crippen molar-refractivity contribution in [1.29, 1.82) is 0 Å². The van der Waals surface area contributed by atoms with Gasteiger partial charge in [0.15, 0.2) is 0 Å². The zero-order valence-corrected chi connectivity index (χ0v) is 14.7. The third-order valence-electron chi connectivity index (χ3n) is 3.77. The second kappa shape index (κ2) is 6.60. The van der Waals surface area contributed by atoms with E-state index in [4.69, 9.17) is 0 Å². The van der Waals surface area contributed by atoms with Crippen LogP contribution in [-0.4, -0.2) is 11.6 Å². The first kappa shape index (κ1) is 18.3. The minimum absolute atomic E-state index is 0.0141. The van der Waals surface area contributed by atoms with Crippen molar-refractivity contribution in [3.63, 3.8) is 0 Å². The maximum atomic E-state index is 12.7. The molecule has 0 N–H and O–H groups in total. The van der Waals surface area contributed by atoms with Gasteiger partial charge in [-0.3, -0.25) is 9.59 Å². The molecule has 0 aliphatic heterocycles. The summed E-state index contributed by atoms with van der Waals surface area (Å²) in [5.41, 5.74) is 0.995. The van der Waals surface area contributed by atoms with E-state index in [1.807, 2.05) is 65.8 Å². The molecule has 0 unspecified atom stereocenters. The average Bonchev–Trinajstić information content (AvgIpc) is 2.42. The molecule has 0 atom stereocenters. The number of carbonyl (C=O) groups excluding carboxylic acids is 2. The Kier molecular flexibility index (Phi) is 5.50. The van der Waals surface area contributed by atoms with Crippen molar-refractivity contribution >= 4 is 17.6 Å². The Morgan fingerprint density at radius 2 is 1.36 bits per heavy atom. The highest BCUT2D eigenvalue weighted by Gasteiger charge is 2.39. The Morgan fingerprint density at radius 3 is 1.68 bits per heavy atom. The van der Waals surface area contributed by atoms with Crippen molar-refractivity contribution in [2.45, 2.75) is 48.0 Å². The first-order valence-electron chi connectivity index (χ1n) is 7.77. The van der Waals surface area contributed by atoms with Gasteiger partial charge in [-0.2, -0.15) is 0 Å². The summed E-state index contributed by atoms with van der Waals surface area (Å²) < 4.78 is 0. The Bertz CT molecular complexity index is 525. The van der Waals surface area contributed by atoms with Crippen LogP contribution in [0.5, 0.6) is 0 Å². The normalized spacial score (nSPS) is 12.3. The molecule has 0 aliphatic carbocycles. The van der Waals surface area contributed by atoms with Crippen molar-refractivity contribution in [1.82, 2.24) is 0 Å². The highest BCUT2D eigenvalue weighted by molar-refractivity contribution is 6.06. The van der Waals surface area contributed by atoms with Crippen LogP contribution in [0.4, 0.5) is 0 Å². The number of rotatable bonds is 5. The van der Waals surface area contributed by atoms with Gasteiger partial charge in [0, 0.05) is 10.8 Å². The van der Waals surface area contributed by atoms with Crippen molar-refractivity contribution in [2.75, 3.05) is 0 Å². The van der Waals surface area contributed by atoms with Crippen LogP contribution in [0, 0.1) is 16.7 Å². The second-order valence-electron chi connectivity index (χ2n) is 7.93. The lowest BCUT2D eigenvalue weighted by atomic mass is 9.72. The van der Waals surface area contributed by atoms with Crippen molar-refractivity contribution in [2.24, 2.45) is 16.7 Å². The molecule has 1 aromatic rings. The number of hydrogen-bond donors (Lipinski definition) is 0. The molecule has 0 amide bonds. The van der Waals surface area contributed by atoms with E-state index in [-0.39, 0.29) is 11.6 Å². The van der Waals surface area contributed by atoms with Gasteiger partial charge in [0.25, 0.3) is 0 Å². The number of ketones is 2. The van der Waals surface area contributed by atoms with Crippen molar-refractivity contribution < 1.29 is 9.59 Å². The van der Waals surface area contributed by atoms with Crippen LogP contribution >= 0.6 is 0 Å². The predicted octanol–water partition coefficient (Wildman–Crippen LogP) is 4.72. The lowest BCUT2D eigenvalue weighted by Gasteiger charge is -2.28. The monoisotopic (exact) mass is 300 g/mol. The van der Waals surface area contributed by atoms with Crippen LogP contribution in [0.15, 0.2) is 30.8 Å². The Balaban J connectivity index is 3.12. The van der Waals surface area contributed by atoms with Crippen LogP contribution in [0.2, 0.25) is 0 Å². The van der Waals surface area contributed by atoms with E-state index in [2.05, 4.69) is 6.58 Å². The summed E-state index contributed by atoms with van der Waals surface area (Å²) in [6, 6.07) is 7.86. The van der Waals surface area contributed by atoms with E-state index >= 15 is 0 Å². The molecule has 2 nitrogen and oxygen atoms in total. The third-order valence-corrected chi connectivity index (χ3v) is 3.77. The lowest BCUT2D eigenvalue weighted by molar-refractivity contribution is -0.141. The van der Waals surface area contributed by atoms with E-state index in [1.165, 1.54) is 0 Å². The summed E-state index contributed by atoms with van der Waals surface area (Å²) in [7, 11) is 0. The van der Waals surface area contributed by atoms with Crippen LogP contribution in [0.25, 0.3) is 6.08 Å². The molecule has 1 rings (SSSR count). The summed E-state index contributed by atoms with van der Waals surface area (Å²) >= 11 is 0. The Hall–Kier alpha value is -1.70. The van der Waals surface area contributed by atoms with Crippen LogP contribution in [0.3, 0.4) is 0 Å². The molecule has 0 spiro atoms. The zero-order valence-electron chi connectivity index (χ0n) is 14.7. The lowest BCUT2D eigenvalue weighted by Crippen LogP contribution is -2.40. The summed E-state index contributed by atoms with van der Waals surface area (Å²) in [5.74, 6) is -0.560. The average molecular weight is 300 g/mol. The number of hydrogen-bond acceptors (Lipinski definition) is 2. The maximum absolute atomic E-state index is 12.7. The zero-order chi connectivity index (χ0) is 17.1. The molecule has 0 heterocycles. The minimum Gasteiger partial charge on any atom is -0.298 e. The Morgan fingerprint density at radius 1 is 0.955 bits per heavy atom. The predicted molar refractivity (Wildman–Crippen MR) is 92.7 cm³/mol. The van der Waals surface area contributed by atoms with E-state index in [1.54, 1.807) is 6.08 Å². The van der Waals surface area contributed by atoms with Gasteiger partial charge in [-0.05, 0) is 17.5 Å². The molecule has 0 radical (unpaired) electrons. The molecule has 0 aliphatic rings. The van der Waals surface area contributed by atoms with Gasteiger partial charge >= 0.3 is 0 Å². The fraction of sp³-hybridized carbons (Fsp3) is 0.500. The summed E-state index contributed by atoms with van der Waals surface area (Å²) in [4.78, 5) is 25.5. The quantitative estimate of drug-likeness (QED) is 0.737. The number of Topliss-reactive ketones (excluding diaryl/α,β-unsaturated/α-hetero) is 2. The van der Waals surface area contributed by atoms with Crippen LogP contribution in [-0.2, 0) is 16.0 Å². The molecular formula is C20H28O2. The summed E-state index contributed by atoms with van der Waals surface area (Å²) in [6.07, 6.45) is 2.24. The van der Waals surface area contributed by atoms with Gasteiger partial charge in [0.1, 0.15) is 11.6 Å². The minimum atomic E-state index is -0.588. The molecule has 0 saturated carbocycles. The molecule has 1 aromatic carbocycles. The van der Waals surface area contributed by atoms with E-state index < -0.39 is 16.7 Å². The summed E-state index contributed by atoms with van der Waals surface area (Å²) in [5, 5.41) is 0. The van der Waals surface area contributed by atoms with E-state index in [0.29, 0.717) is 6.42 Å². The van der Waals surface area contributed by atoms with Crippen LogP contribution in [0.1, 0.15) is 52.7 Å². The highest BCUT2D eigenvalue weighted by Crippen LogP contribution is 2.29. The van der Waals surface area contributed by atoms with Gasteiger partial charge in [-0.15, -0.1) is 0 Å². The largest absolute Gasteiger partial charge is 0.298 e. The highest BCUT2D eigenvalue weighted by atomic mass is 16.2. The van der Waals surface area contributed by atoms with Crippen LogP contribution < -0.4 is 0 Å². The van der Waals surface area contributed by atoms with Crippen molar-refractivity contribution in [3.05, 3.63) is 42.0 Å². The first-order chi connectivity index (χ1) is 9.96. The number of carbonyl (C=O) groups is 2. The fourth-order valence-electron chi connectivity index (χ4n) is 2.38. The smallest absolute Gasteiger partial charge is 0.148 e. The molecule has 2 heteroatoms. The van der Waals surface area contributed by atoms with Crippen molar-refractivity contribution in [3.8, 4) is 0 Å². The summed E-state index contributed by atoms with van der Waals surface area (Å²) in [6.45, 7) is 15.0. The fourth-order valence-corrected chi connectivity index (χ4v) is 2.38. The van der Waals surface area contributed by atoms with Gasteiger partial charge in [-0.25, -0.2) is 0 Å². The SMILES string of the molecule is C=Cc1ccc(CC(C(=O)C(C)(C)C)C(=O)C(C)(C)C)cc1. The number of benzene rings is 1. The molecule has 0 fully saturated rings. The Labute approximate surface area is 134 Å². The molecule has 22 heavy (non-hydrogen) atoms. The van der Waals surface area contributed by atoms with Gasteiger partial charge in [0.05, 0.1) is 5.92 Å². The van der Waals surface area contributed by atoms with Gasteiger partial charge in [0.2, 0.25) is 0 Å². The van der Waals surface area contributed by atoms with Gasteiger partial charge < -0.3 is 0 Å². The standard InChI is InChI=1S/C20H28O2/c1-8-14-9-11-15(12-10-14)13-16(17(21)19(2,3)4)18(22)20(5,6)7/h8-12,16H,1,13H2,2-7H3. The van der Waals surface area contributed by atoms with E-state index in [0.717, 1.165) is 11.1 Å². The maximum Gasteiger partial charge on any atom is 0.148 e. The molecule has 0 bridgehead atoms.